The molecule has 0 saturated carbocycles. The van der Waals surface area contributed by atoms with Crippen LogP contribution in [0.5, 0.6) is 0 Å². The Bertz CT molecular complexity index is 1280. The molecular formula is C17H13BrFeO. The predicted octanol–water partition coefficient (Wildman–Crippen LogP) is 4.93. The molecule has 1 aromatic rings. The van der Waals surface area contributed by atoms with Gasteiger partial charge in [0.1, 0.15) is 0 Å². The van der Waals surface area contributed by atoms with E-state index in [2.05, 4.69) is 40.2 Å². The molecule has 1 nitrogen and oxygen atoms in total. The molecule has 10 aliphatic rings. The van der Waals surface area contributed by atoms with Gasteiger partial charge in [0, 0.05) is 0 Å². The second-order valence-electron chi connectivity index (χ2n) is 11.4. The summed E-state index contributed by atoms with van der Waals surface area (Å²) in [7, 11) is 0. The Hall–Kier alpha value is -0.111. The normalized spacial score (nSPS) is 106. The first kappa shape index (κ1) is 7.94. The van der Waals surface area contributed by atoms with E-state index in [4.69, 9.17) is 0 Å². The van der Waals surface area contributed by atoms with Crippen molar-refractivity contribution < 1.29 is 11.3 Å². The Morgan fingerprint density at radius 2 is 1.50 bits per heavy atom. The van der Waals surface area contributed by atoms with Crippen LogP contribution in [0.4, 0.5) is 0 Å². The van der Waals surface area contributed by atoms with Gasteiger partial charge in [-0.1, -0.05) is 0 Å². The van der Waals surface area contributed by atoms with Crippen LogP contribution < -0.4 is 0 Å². The van der Waals surface area contributed by atoms with E-state index >= 15 is 0 Å². The molecule has 10 heterocycles. The molecular weight excluding hydrogens is 356 g/mol. The van der Waals surface area contributed by atoms with Crippen molar-refractivity contribution in [1.82, 2.24) is 0 Å². The number of carbonyl (C=O) groups is 1. The topological polar surface area (TPSA) is 17.1 Å². The first-order valence-electron chi connectivity index (χ1n) is 7.95. The second-order valence-corrected chi connectivity index (χ2v) is 36.6. The monoisotopic (exact) mass is 368 g/mol. The van der Waals surface area contributed by atoms with Crippen molar-refractivity contribution in [1.29, 1.82) is 0 Å². The Labute approximate surface area is 114 Å². The molecule has 8 unspecified atom stereocenters. The molecule has 3 heteroatoms. The molecule has 0 aromatic heterocycles. The number of ketones is 1. The third kappa shape index (κ3) is 0.0858. The van der Waals surface area contributed by atoms with Crippen molar-refractivity contribution in [3.8, 4) is 0 Å². The van der Waals surface area contributed by atoms with Gasteiger partial charge in [0.15, 0.2) is 0 Å². The number of alkyl halides is 1. The molecule has 8 atom stereocenters. The van der Waals surface area contributed by atoms with Gasteiger partial charge in [-0.05, 0) is 0 Å². The third-order valence-electron chi connectivity index (χ3n) is 16.0. The van der Waals surface area contributed by atoms with Gasteiger partial charge >= 0.3 is 115 Å². The second kappa shape index (κ2) is 0.716. The molecule has 1 spiro atoms. The number of Topliss-reactive ketones (excluding diaryl/α,β-unsaturated/α-hetero) is 1. The van der Waals surface area contributed by atoms with Crippen LogP contribution in [0.2, 0.25) is 42.8 Å². The summed E-state index contributed by atoms with van der Waals surface area (Å²) in [6, 6.07) is 10.3. The number of carbonyl (C=O) groups excluding carboxylic acids is 1. The van der Waals surface area contributed by atoms with Crippen LogP contribution in [0.3, 0.4) is 0 Å². The van der Waals surface area contributed by atoms with E-state index in [1.54, 1.807) is 0 Å². The van der Waals surface area contributed by atoms with Crippen molar-refractivity contribution in [2.24, 2.45) is 0 Å². The Morgan fingerprint density at radius 1 is 0.950 bits per heavy atom. The summed E-state index contributed by atoms with van der Waals surface area (Å²) >= 11 is 4.36. The third-order valence-corrected chi connectivity index (χ3v) is 65.8. The fourth-order valence-electron chi connectivity index (χ4n) is 17.7. The SMILES string of the molecule is O=C(c1ccccc1)[C]12[CH]3[CH]4[CH]5[CH]1[Fe]45321678[CH]2[CH]1[CH]6[C]7(Br)[CH]28. The number of rotatable bonds is 2. The summed E-state index contributed by atoms with van der Waals surface area (Å²) in [6.07, 6.45) is 0. The van der Waals surface area contributed by atoms with Crippen LogP contribution in [0.15, 0.2) is 30.3 Å². The maximum absolute atomic E-state index is 13.6. The van der Waals surface area contributed by atoms with Gasteiger partial charge in [-0.25, -0.2) is 0 Å². The number of hydrogen-bond donors (Lipinski definition) is 0. The molecule has 0 N–H and O–H groups in total. The average Bonchev–Trinajstić information content (AvgIpc) is 3.42. The van der Waals surface area contributed by atoms with E-state index in [1.807, 2.05) is 6.07 Å². The molecule has 11 rings (SSSR count). The standard InChI is InChI=1S/C12H9O.C5H4Br.Fe/c13-12(11-8-4-5-9-11)10-6-2-1-3-7-10;6-5-3-1-2-4-5;/h1-9H;1-4H;. The Morgan fingerprint density at radius 3 is 1.85 bits per heavy atom. The van der Waals surface area contributed by atoms with E-state index < -0.39 is 6.51 Å². The zero-order valence-corrected chi connectivity index (χ0v) is 13.3. The number of hydrogen-bond acceptors (Lipinski definition) is 1. The van der Waals surface area contributed by atoms with Crippen LogP contribution in [-0.4, -0.2) is 9.01 Å². The van der Waals surface area contributed by atoms with Crippen LogP contribution in [0, 0.1) is 0 Å². The van der Waals surface area contributed by atoms with E-state index in [-0.39, 0.29) is 0 Å². The maximum atomic E-state index is 13.6. The minimum atomic E-state index is -3.44. The minimum absolute atomic E-state index is 0.333. The fourth-order valence-corrected chi connectivity index (χ4v) is 105. The Kier molecular flexibility index (Phi) is 0.284. The summed E-state index contributed by atoms with van der Waals surface area (Å²) in [6.45, 7) is -3.44. The van der Waals surface area contributed by atoms with Crippen LogP contribution >= 0.6 is 15.9 Å². The van der Waals surface area contributed by atoms with Crippen LogP contribution in [0.25, 0.3) is 0 Å². The quantitative estimate of drug-likeness (QED) is 0.411. The fraction of sp³-hybridized carbons (Fsp3) is 0.588. The zero-order chi connectivity index (χ0) is 12.6. The van der Waals surface area contributed by atoms with E-state index in [9.17, 15) is 4.79 Å². The van der Waals surface area contributed by atoms with Gasteiger partial charge in [0.05, 0.1) is 0 Å². The van der Waals surface area contributed by atoms with E-state index in [0.29, 0.717) is 13.3 Å². The summed E-state index contributed by atoms with van der Waals surface area (Å²) in [5, 5.41) is 0. The molecule has 20 heavy (non-hydrogen) atoms. The molecule has 0 radical (unpaired) electrons. The summed E-state index contributed by atoms with van der Waals surface area (Å²) in [4.78, 5) is 22.6. The predicted molar refractivity (Wildman–Crippen MR) is 75.1 cm³/mol. The first-order chi connectivity index (χ1) is 9.45. The molecule has 0 amide bonds. The molecule has 10 aliphatic heterocycles. The molecule has 102 valence electrons. The van der Waals surface area contributed by atoms with Crippen molar-refractivity contribution in [3.63, 3.8) is 0 Å². The van der Waals surface area contributed by atoms with Crippen molar-refractivity contribution >= 4 is 21.7 Å². The molecule has 1 aromatic carbocycles. The summed E-state index contributed by atoms with van der Waals surface area (Å²) in [5.41, 5.74) is 1.05. The van der Waals surface area contributed by atoms with Crippen molar-refractivity contribution in [3.05, 3.63) is 35.9 Å². The van der Waals surface area contributed by atoms with Gasteiger partial charge in [0.25, 0.3) is 0 Å². The number of fused-ring (bicyclic) bond motifs is 10. The van der Waals surface area contributed by atoms with E-state index in [1.165, 1.54) is 19.3 Å². The first-order valence-corrected chi connectivity index (χ1v) is 14.9. The molecule has 10 saturated heterocycles. The summed E-state index contributed by atoms with van der Waals surface area (Å²) < 4.78 is 0.991. The number of halogens is 1. The molecule has 0 aliphatic carbocycles. The number of benzene rings is 1. The summed E-state index contributed by atoms with van der Waals surface area (Å²) in [5.74, 6) is 0.642. The molecule has 0 bridgehead atoms. The van der Waals surface area contributed by atoms with Gasteiger partial charge < -0.3 is 0 Å². The van der Waals surface area contributed by atoms with Crippen LogP contribution in [-0.2, 0) is 6.51 Å². The van der Waals surface area contributed by atoms with Gasteiger partial charge in [0.2, 0.25) is 0 Å². The molecule has 10 fully saturated rings. The van der Waals surface area contributed by atoms with E-state index in [0.717, 1.165) is 24.8 Å². The van der Waals surface area contributed by atoms with Gasteiger partial charge in [-0.2, -0.15) is 0 Å². The Balaban J connectivity index is 1.45. The average molecular weight is 369 g/mol. The van der Waals surface area contributed by atoms with Crippen LogP contribution in [0.1, 0.15) is 10.4 Å². The zero-order valence-electron chi connectivity index (χ0n) is 10.6. The van der Waals surface area contributed by atoms with Crippen molar-refractivity contribution in [2.75, 3.05) is 0 Å². The van der Waals surface area contributed by atoms with Gasteiger partial charge in [-0.3, -0.25) is 0 Å². The van der Waals surface area contributed by atoms with Gasteiger partial charge in [-0.15, -0.1) is 0 Å². The van der Waals surface area contributed by atoms with Crippen molar-refractivity contribution in [2.45, 2.75) is 46.1 Å².